The highest BCUT2D eigenvalue weighted by Gasteiger charge is 2.13. The molecule has 0 aliphatic heterocycles. The Bertz CT molecular complexity index is 936. The smallest absolute Gasteiger partial charge is 0.283 e. The summed E-state index contributed by atoms with van der Waals surface area (Å²) in [6.45, 7) is 1.81. The van der Waals surface area contributed by atoms with Crippen molar-refractivity contribution in [1.29, 1.82) is 5.26 Å². The first kappa shape index (κ1) is 13.3. The van der Waals surface area contributed by atoms with Gasteiger partial charge in [-0.1, -0.05) is 22.9 Å². The SMILES string of the molecule is Cc1ccc(-n2nnc3c(=O)n(CC#N)cnc32)cc1Cl. The van der Waals surface area contributed by atoms with Crippen LogP contribution in [0.25, 0.3) is 16.9 Å². The molecule has 1 aromatic carbocycles. The van der Waals surface area contributed by atoms with Crippen molar-refractivity contribution in [3.05, 3.63) is 45.5 Å². The van der Waals surface area contributed by atoms with Gasteiger partial charge >= 0.3 is 0 Å². The van der Waals surface area contributed by atoms with Gasteiger partial charge in [0.25, 0.3) is 5.56 Å². The van der Waals surface area contributed by atoms with Gasteiger partial charge in [-0.3, -0.25) is 9.36 Å². The molecule has 8 heteroatoms. The minimum atomic E-state index is -0.397. The lowest BCUT2D eigenvalue weighted by atomic mass is 10.2. The maximum absolute atomic E-state index is 12.1. The summed E-state index contributed by atoms with van der Waals surface area (Å²) >= 11 is 6.10. The Labute approximate surface area is 124 Å². The van der Waals surface area contributed by atoms with Crippen LogP contribution in [0.2, 0.25) is 5.02 Å². The largest absolute Gasteiger partial charge is 0.284 e. The molecule has 0 unspecified atom stereocenters. The standard InChI is InChI=1S/C13H9ClN6O/c1-8-2-3-9(6-10(8)14)20-12-11(17-18-20)13(21)19(5-4-15)7-16-12/h2-3,6-7H,5H2,1H3. The lowest BCUT2D eigenvalue weighted by molar-refractivity contribution is 0.771. The van der Waals surface area contributed by atoms with Crippen molar-refractivity contribution in [1.82, 2.24) is 24.5 Å². The Morgan fingerprint density at radius 1 is 1.43 bits per heavy atom. The highest BCUT2D eigenvalue weighted by atomic mass is 35.5. The monoisotopic (exact) mass is 300 g/mol. The normalized spacial score (nSPS) is 10.7. The minimum absolute atomic E-state index is 0.0784. The molecule has 0 atom stereocenters. The van der Waals surface area contributed by atoms with E-state index in [-0.39, 0.29) is 12.1 Å². The van der Waals surface area contributed by atoms with E-state index in [2.05, 4.69) is 15.3 Å². The second kappa shape index (κ2) is 5.00. The second-order valence-corrected chi connectivity index (χ2v) is 4.85. The van der Waals surface area contributed by atoms with Crippen molar-refractivity contribution in [3.63, 3.8) is 0 Å². The molecule has 0 radical (unpaired) electrons. The molecule has 0 spiro atoms. The third kappa shape index (κ3) is 2.15. The summed E-state index contributed by atoms with van der Waals surface area (Å²) in [4.78, 5) is 16.3. The van der Waals surface area contributed by atoms with Crippen LogP contribution in [0.5, 0.6) is 0 Å². The predicted molar refractivity (Wildman–Crippen MR) is 76.3 cm³/mol. The summed E-state index contributed by atoms with van der Waals surface area (Å²) in [6.07, 6.45) is 1.31. The second-order valence-electron chi connectivity index (χ2n) is 4.44. The van der Waals surface area contributed by atoms with E-state index in [1.165, 1.54) is 15.6 Å². The zero-order chi connectivity index (χ0) is 15.0. The van der Waals surface area contributed by atoms with Crippen LogP contribution in [0.15, 0.2) is 29.3 Å². The summed E-state index contributed by atoms with van der Waals surface area (Å²) in [7, 11) is 0. The Balaban J connectivity index is 2.21. The molecular weight excluding hydrogens is 292 g/mol. The zero-order valence-corrected chi connectivity index (χ0v) is 11.7. The molecule has 0 aliphatic rings. The number of aryl methyl sites for hydroxylation is 1. The van der Waals surface area contributed by atoms with Gasteiger partial charge < -0.3 is 0 Å². The van der Waals surface area contributed by atoms with Crippen molar-refractivity contribution in [2.45, 2.75) is 13.5 Å². The first-order valence-corrected chi connectivity index (χ1v) is 6.44. The number of halogens is 1. The van der Waals surface area contributed by atoms with E-state index in [0.717, 1.165) is 5.56 Å². The molecule has 0 aliphatic carbocycles. The fraction of sp³-hybridized carbons (Fsp3) is 0.154. The maximum Gasteiger partial charge on any atom is 0.284 e. The average molecular weight is 301 g/mol. The summed E-state index contributed by atoms with van der Waals surface area (Å²) in [5, 5.41) is 17.1. The molecule has 0 bridgehead atoms. The Morgan fingerprint density at radius 2 is 2.24 bits per heavy atom. The van der Waals surface area contributed by atoms with Gasteiger partial charge in [0.1, 0.15) is 12.9 Å². The van der Waals surface area contributed by atoms with Crippen LogP contribution in [-0.2, 0) is 6.54 Å². The molecule has 0 saturated carbocycles. The van der Waals surface area contributed by atoms with Gasteiger partial charge in [0.2, 0.25) is 0 Å². The number of hydrogen-bond donors (Lipinski definition) is 0. The molecule has 2 aromatic heterocycles. The van der Waals surface area contributed by atoms with E-state index in [9.17, 15) is 4.79 Å². The summed E-state index contributed by atoms with van der Waals surface area (Å²) < 4.78 is 2.63. The molecule has 0 fully saturated rings. The van der Waals surface area contributed by atoms with E-state index in [0.29, 0.717) is 16.4 Å². The Hall–Kier alpha value is -2.72. The number of aromatic nitrogens is 5. The van der Waals surface area contributed by atoms with Crippen LogP contribution in [0.4, 0.5) is 0 Å². The molecule has 0 N–H and O–H groups in total. The highest BCUT2D eigenvalue weighted by Crippen LogP contribution is 2.20. The number of nitrogens with zero attached hydrogens (tertiary/aromatic N) is 6. The summed E-state index contributed by atoms with van der Waals surface area (Å²) in [5.41, 5.74) is 1.65. The van der Waals surface area contributed by atoms with Gasteiger partial charge in [0, 0.05) is 5.02 Å². The van der Waals surface area contributed by atoms with Gasteiger partial charge in [0.05, 0.1) is 11.8 Å². The Kier molecular flexibility index (Phi) is 3.16. The van der Waals surface area contributed by atoms with Gasteiger partial charge in [-0.05, 0) is 24.6 Å². The lowest BCUT2D eigenvalue weighted by Gasteiger charge is -2.04. The summed E-state index contributed by atoms with van der Waals surface area (Å²) in [5.74, 6) is 0. The number of hydrogen-bond acceptors (Lipinski definition) is 5. The summed E-state index contributed by atoms with van der Waals surface area (Å²) in [6, 6.07) is 7.29. The van der Waals surface area contributed by atoms with Crippen LogP contribution in [0.3, 0.4) is 0 Å². The van der Waals surface area contributed by atoms with E-state index in [1.807, 2.05) is 25.1 Å². The molecule has 0 saturated heterocycles. The van der Waals surface area contributed by atoms with E-state index >= 15 is 0 Å². The molecule has 104 valence electrons. The third-order valence-electron chi connectivity index (χ3n) is 3.07. The number of benzene rings is 1. The van der Waals surface area contributed by atoms with Crippen molar-refractivity contribution in [3.8, 4) is 11.8 Å². The van der Waals surface area contributed by atoms with E-state index < -0.39 is 5.56 Å². The maximum atomic E-state index is 12.1. The van der Waals surface area contributed by atoms with E-state index in [4.69, 9.17) is 16.9 Å². The molecule has 3 aromatic rings. The molecule has 21 heavy (non-hydrogen) atoms. The van der Waals surface area contributed by atoms with Gasteiger partial charge in [-0.25, -0.2) is 4.98 Å². The van der Waals surface area contributed by atoms with Crippen LogP contribution in [0.1, 0.15) is 5.56 Å². The molecule has 2 heterocycles. The van der Waals surface area contributed by atoms with Crippen LogP contribution in [0, 0.1) is 18.3 Å². The molecule has 7 nitrogen and oxygen atoms in total. The minimum Gasteiger partial charge on any atom is -0.283 e. The third-order valence-corrected chi connectivity index (χ3v) is 3.48. The van der Waals surface area contributed by atoms with Crippen molar-refractivity contribution in [2.75, 3.05) is 0 Å². The molecular formula is C13H9ClN6O. The van der Waals surface area contributed by atoms with Gasteiger partial charge in [-0.2, -0.15) is 9.94 Å². The lowest BCUT2D eigenvalue weighted by Crippen LogP contribution is -2.20. The van der Waals surface area contributed by atoms with Gasteiger partial charge in [0.15, 0.2) is 11.2 Å². The van der Waals surface area contributed by atoms with Crippen LogP contribution in [-0.4, -0.2) is 24.5 Å². The molecule has 0 amide bonds. The van der Waals surface area contributed by atoms with Crippen LogP contribution >= 0.6 is 11.6 Å². The first-order chi connectivity index (χ1) is 10.1. The van der Waals surface area contributed by atoms with Crippen molar-refractivity contribution in [2.24, 2.45) is 0 Å². The van der Waals surface area contributed by atoms with Crippen LogP contribution < -0.4 is 5.56 Å². The Morgan fingerprint density at radius 3 is 2.95 bits per heavy atom. The number of rotatable bonds is 2. The number of nitriles is 1. The fourth-order valence-electron chi connectivity index (χ4n) is 1.92. The average Bonchev–Trinajstić information content (AvgIpc) is 2.90. The fourth-order valence-corrected chi connectivity index (χ4v) is 2.09. The van der Waals surface area contributed by atoms with E-state index in [1.54, 1.807) is 6.07 Å². The first-order valence-electron chi connectivity index (χ1n) is 6.06. The van der Waals surface area contributed by atoms with Crippen molar-refractivity contribution >= 4 is 22.8 Å². The highest BCUT2D eigenvalue weighted by molar-refractivity contribution is 6.31. The molecule has 3 rings (SSSR count). The predicted octanol–water partition coefficient (Wildman–Crippen LogP) is 1.46. The van der Waals surface area contributed by atoms with Gasteiger partial charge in [-0.15, -0.1) is 5.10 Å². The quantitative estimate of drug-likeness (QED) is 0.715. The topological polar surface area (TPSA) is 89.4 Å². The zero-order valence-electron chi connectivity index (χ0n) is 11.0. The number of fused-ring (bicyclic) bond motifs is 1. The van der Waals surface area contributed by atoms with Crippen molar-refractivity contribution < 1.29 is 0 Å².